The highest BCUT2D eigenvalue weighted by Gasteiger charge is 2.10. The van der Waals surface area contributed by atoms with E-state index < -0.39 is 0 Å². The number of benzene rings is 2. The number of nitrogens with two attached hydrogens (primary N) is 1. The van der Waals surface area contributed by atoms with Gasteiger partial charge in [0.1, 0.15) is 5.82 Å². The van der Waals surface area contributed by atoms with E-state index in [9.17, 15) is 4.39 Å². The Kier molecular flexibility index (Phi) is 3.67. The second kappa shape index (κ2) is 5.05. The van der Waals surface area contributed by atoms with Gasteiger partial charge in [0.25, 0.3) is 0 Å². The van der Waals surface area contributed by atoms with Gasteiger partial charge in [-0.1, -0.05) is 35.3 Å². The van der Waals surface area contributed by atoms with Crippen LogP contribution >= 0.6 is 23.2 Å². The molecule has 0 amide bonds. The van der Waals surface area contributed by atoms with Crippen LogP contribution in [-0.2, 0) is 6.54 Å². The Morgan fingerprint density at radius 1 is 1.00 bits per heavy atom. The lowest BCUT2D eigenvalue weighted by Crippen LogP contribution is -1.97. The molecule has 0 unspecified atom stereocenters. The van der Waals surface area contributed by atoms with Gasteiger partial charge in [-0.15, -0.1) is 0 Å². The standard InChI is InChI=1S/C13H10Cl2FN/c14-9-2-4-12(15)11(6-9)10-3-1-8(7-17)5-13(10)16/h1-6H,7,17H2. The Balaban J connectivity index is 2.56. The minimum absolute atomic E-state index is 0.306. The molecule has 0 aliphatic rings. The Morgan fingerprint density at radius 3 is 2.41 bits per heavy atom. The van der Waals surface area contributed by atoms with Gasteiger partial charge in [0, 0.05) is 27.7 Å². The Hall–Kier alpha value is -1.09. The summed E-state index contributed by atoms with van der Waals surface area (Å²) in [6.07, 6.45) is 0. The summed E-state index contributed by atoms with van der Waals surface area (Å²) in [7, 11) is 0. The first-order valence-corrected chi connectivity index (χ1v) is 5.81. The van der Waals surface area contributed by atoms with Gasteiger partial charge in [-0.05, 0) is 29.8 Å². The molecule has 0 fully saturated rings. The van der Waals surface area contributed by atoms with E-state index in [1.165, 1.54) is 6.07 Å². The van der Waals surface area contributed by atoms with E-state index in [-0.39, 0.29) is 5.82 Å². The molecule has 17 heavy (non-hydrogen) atoms. The van der Waals surface area contributed by atoms with Crippen LogP contribution in [0.15, 0.2) is 36.4 Å². The number of hydrogen-bond acceptors (Lipinski definition) is 1. The van der Waals surface area contributed by atoms with Gasteiger partial charge in [-0.3, -0.25) is 0 Å². The average molecular weight is 270 g/mol. The van der Waals surface area contributed by atoms with Crippen LogP contribution in [0, 0.1) is 5.82 Å². The second-order valence-electron chi connectivity index (χ2n) is 3.64. The Labute approximate surface area is 109 Å². The molecule has 4 heteroatoms. The number of halogens is 3. The number of hydrogen-bond donors (Lipinski definition) is 1. The summed E-state index contributed by atoms with van der Waals surface area (Å²) >= 11 is 11.9. The van der Waals surface area contributed by atoms with Gasteiger partial charge in [0.05, 0.1) is 0 Å². The molecule has 0 spiro atoms. The van der Waals surface area contributed by atoms with Crippen molar-refractivity contribution in [1.29, 1.82) is 0 Å². The monoisotopic (exact) mass is 269 g/mol. The van der Waals surface area contributed by atoms with Crippen molar-refractivity contribution in [3.8, 4) is 11.1 Å². The van der Waals surface area contributed by atoms with Crippen molar-refractivity contribution in [3.05, 3.63) is 57.8 Å². The molecule has 0 aromatic heterocycles. The zero-order valence-corrected chi connectivity index (χ0v) is 10.4. The summed E-state index contributed by atoms with van der Waals surface area (Å²) < 4.78 is 13.9. The maximum Gasteiger partial charge on any atom is 0.131 e. The van der Waals surface area contributed by atoms with Crippen molar-refractivity contribution in [2.45, 2.75) is 6.54 Å². The smallest absolute Gasteiger partial charge is 0.131 e. The lowest BCUT2D eigenvalue weighted by Gasteiger charge is -2.08. The van der Waals surface area contributed by atoms with Crippen LogP contribution in [-0.4, -0.2) is 0 Å². The largest absolute Gasteiger partial charge is 0.326 e. The maximum atomic E-state index is 13.9. The Bertz CT molecular complexity index is 555. The Morgan fingerprint density at radius 2 is 1.76 bits per heavy atom. The van der Waals surface area contributed by atoms with E-state index in [2.05, 4.69) is 0 Å². The number of rotatable bonds is 2. The van der Waals surface area contributed by atoms with Crippen LogP contribution in [0.25, 0.3) is 11.1 Å². The van der Waals surface area contributed by atoms with Crippen molar-refractivity contribution in [3.63, 3.8) is 0 Å². The third-order valence-electron chi connectivity index (χ3n) is 2.49. The highest BCUT2D eigenvalue weighted by Crippen LogP contribution is 2.32. The maximum absolute atomic E-state index is 13.9. The summed E-state index contributed by atoms with van der Waals surface area (Å²) in [6.45, 7) is 0.306. The molecule has 0 heterocycles. The SMILES string of the molecule is NCc1ccc(-c2cc(Cl)ccc2Cl)c(F)c1. The first kappa shape index (κ1) is 12.4. The predicted molar refractivity (Wildman–Crippen MR) is 69.7 cm³/mol. The molecular weight excluding hydrogens is 260 g/mol. The van der Waals surface area contributed by atoms with Crippen LogP contribution in [0.4, 0.5) is 4.39 Å². The molecule has 0 saturated carbocycles. The van der Waals surface area contributed by atoms with Crippen LogP contribution in [0.1, 0.15) is 5.56 Å². The molecule has 0 atom stereocenters. The molecule has 2 aromatic carbocycles. The van der Waals surface area contributed by atoms with Crippen molar-refractivity contribution in [1.82, 2.24) is 0 Å². The fraction of sp³-hybridized carbons (Fsp3) is 0.0769. The van der Waals surface area contributed by atoms with Crippen LogP contribution < -0.4 is 5.73 Å². The third-order valence-corrected chi connectivity index (χ3v) is 3.05. The van der Waals surface area contributed by atoms with E-state index in [0.717, 1.165) is 5.56 Å². The van der Waals surface area contributed by atoms with Crippen LogP contribution in [0.3, 0.4) is 0 Å². The van der Waals surface area contributed by atoms with Crippen molar-refractivity contribution in [2.24, 2.45) is 5.73 Å². The fourth-order valence-corrected chi connectivity index (χ4v) is 2.00. The molecule has 88 valence electrons. The quantitative estimate of drug-likeness (QED) is 0.866. The lowest BCUT2D eigenvalue weighted by atomic mass is 10.0. The first-order chi connectivity index (χ1) is 8.11. The van der Waals surface area contributed by atoms with E-state index in [1.54, 1.807) is 30.3 Å². The van der Waals surface area contributed by atoms with Crippen molar-refractivity contribution in [2.75, 3.05) is 0 Å². The van der Waals surface area contributed by atoms with Gasteiger partial charge in [-0.2, -0.15) is 0 Å². The van der Waals surface area contributed by atoms with Crippen LogP contribution in [0.5, 0.6) is 0 Å². The third kappa shape index (κ3) is 2.60. The fourth-order valence-electron chi connectivity index (χ4n) is 1.61. The van der Waals surface area contributed by atoms with Crippen LogP contribution in [0.2, 0.25) is 10.0 Å². The van der Waals surface area contributed by atoms with Gasteiger partial charge in [0.2, 0.25) is 0 Å². The van der Waals surface area contributed by atoms with Crippen molar-refractivity contribution >= 4 is 23.2 Å². The molecular formula is C13H10Cl2FN. The molecule has 0 aliphatic heterocycles. The zero-order chi connectivity index (χ0) is 12.4. The minimum atomic E-state index is -0.350. The van der Waals surface area contributed by atoms with E-state index in [1.807, 2.05) is 0 Å². The summed E-state index contributed by atoms with van der Waals surface area (Å²) in [4.78, 5) is 0. The van der Waals surface area contributed by atoms with E-state index >= 15 is 0 Å². The second-order valence-corrected chi connectivity index (χ2v) is 4.49. The molecule has 0 bridgehead atoms. The molecule has 0 saturated heterocycles. The van der Waals surface area contributed by atoms with Gasteiger partial charge in [-0.25, -0.2) is 4.39 Å². The predicted octanol–water partition coefficient (Wildman–Crippen LogP) is 4.26. The zero-order valence-electron chi connectivity index (χ0n) is 8.88. The van der Waals surface area contributed by atoms with E-state index in [4.69, 9.17) is 28.9 Å². The van der Waals surface area contributed by atoms with Crippen molar-refractivity contribution < 1.29 is 4.39 Å². The van der Waals surface area contributed by atoms with Gasteiger partial charge < -0.3 is 5.73 Å². The summed E-state index contributed by atoms with van der Waals surface area (Å²) in [5.41, 5.74) is 7.20. The summed E-state index contributed by atoms with van der Waals surface area (Å²) in [6, 6.07) is 9.80. The summed E-state index contributed by atoms with van der Waals surface area (Å²) in [5.74, 6) is -0.350. The molecule has 1 nitrogen and oxygen atoms in total. The van der Waals surface area contributed by atoms with Gasteiger partial charge in [0.15, 0.2) is 0 Å². The highest BCUT2D eigenvalue weighted by molar-refractivity contribution is 6.35. The lowest BCUT2D eigenvalue weighted by molar-refractivity contribution is 0.629. The molecule has 2 N–H and O–H groups in total. The normalized spacial score (nSPS) is 10.6. The molecule has 2 rings (SSSR count). The molecule has 0 radical (unpaired) electrons. The molecule has 0 aliphatic carbocycles. The average Bonchev–Trinajstić information content (AvgIpc) is 2.32. The molecule has 2 aromatic rings. The topological polar surface area (TPSA) is 26.0 Å². The minimum Gasteiger partial charge on any atom is -0.326 e. The highest BCUT2D eigenvalue weighted by atomic mass is 35.5. The summed E-state index contributed by atoms with van der Waals surface area (Å²) in [5, 5.41) is 0.987. The van der Waals surface area contributed by atoms with Gasteiger partial charge >= 0.3 is 0 Å². The van der Waals surface area contributed by atoms with E-state index in [0.29, 0.717) is 27.7 Å². The first-order valence-electron chi connectivity index (χ1n) is 5.05.